The van der Waals surface area contributed by atoms with Crippen molar-refractivity contribution in [3.05, 3.63) is 18.2 Å². The summed E-state index contributed by atoms with van der Waals surface area (Å²) in [6.45, 7) is 12.7. The van der Waals surface area contributed by atoms with Crippen molar-refractivity contribution < 1.29 is 55.8 Å². The lowest BCUT2D eigenvalue weighted by molar-refractivity contribution is -0.00568. The van der Waals surface area contributed by atoms with Crippen LogP contribution in [0.2, 0.25) is 0 Å². The van der Waals surface area contributed by atoms with Gasteiger partial charge in [0.1, 0.15) is 13.2 Å². The van der Waals surface area contributed by atoms with Crippen molar-refractivity contribution in [2.24, 2.45) is 0 Å². The Labute approximate surface area is 280 Å². The van der Waals surface area contributed by atoms with E-state index in [0.29, 0.717) is 91.6 Å². The Morgan fingerprint density at radius 1 is 0.457 bits per heavy atom. The van der Waals surface area contributed by atoms with Crippen LogP contribution in [0.4, 0.5) is 0 Å². The van der Waals surface area contributed by atoms with E-state index in [0.717, 1.165) is 26.1 Å². The van der Waals surface area contributed by atoms with E-state index >= 15 is 0 Å². The van der Waals surface area contributed by atoms with Crippen molar-refractivity contribution in [3.63, 3.8) is 0 Å². The Kier molecular flexibility index (Phi) is 28.9. The summed E-state index contributed by atoms with van der Waals surface area (Å²) in [6.07, 6.45) is 6.91. The van der Waals surface area contributed by atoms with Gasteiger partial charge in [0, 0.05) is 30.0 Å². The number of halogens is 1. The molecule has 0 spiro atoms. The van der Waals surface area contributed by atoms with Crippen LogP contribution in [0.25, 0.3) is 0 Å². The summed E-state index contributed by atoms with van der Waals surface area (Å²) < 4.78 is 79.1. The van der Waals surface area contributed by atoms with Gasteiger partial charge in [0.15, 0.2) is 11.5 Å². The molecule has 270 valence electrons. The molecule has 0 unspecified atom stereocenters. The summed E-state index contributed by atoms with van der Waals surface area (Å²) in [5.41, 5.74) is 0. The van der Waals surface area contributed by atoms with Crippen LogP contribution in [-0.2, 0) is 46.9 Å². The van der Waals surface area contributed by atoms with E-state index in [2.05, 4.69) is 13.8 Å². The molecule has 1 aromatic carbocycles. The number of rotatable bonds is 35. The fourth-order valence-corrected chi connectivity index (χ4v) is 4.49. The third-order valence-electron chi connectivity index (χ3n) is 6.18. The largest absolute Gasteiger partial charge is 0.487 e. The van der Waals surface area contributed by atoms with E-state index in [4.69, 9.17) is 58.1 Å². The average molecular weight is 701 g/mol. The first-order chi connectivity index (χ1) is 22.5. The lowest BCUT2D eigenvalue weighted by Gasteiger charge is -2.14. The zero-order valence-corrected chi connectivity index (χ0v) is 29.5. The van der Waals surface area contributed by atoms with Crippen molar-refractivity contribution in [3.8, 4) is 11.5 Å². The quantitative estimate of drug-likeness (QED) is 0.0707. The van der Waals surface area contributed by atoms with Crippen LogP contribution in [0.15, 0.2) is 23.1 Å². The molecule has 0 amide bonds. The maximum absolute atomic E-state index is 11.8. The highest BCUT2D eigenvalue weighted by Gasteiger charge is 2.15. The van der Waals surface area contributed by atoms with Gasteiger partial charge in [-0.2, -0.15) is 0 Å². The van der Waals surface area contributed by atoms with Gasteiger partial charge in [-0.15, -0.1) is 0 Å². The lowest BCUT2D eigenvalue weighted by Crippen LogP contribution is -2.15. The molecule has 0 aliphatic carbocycles. The Bertz CT molecular complexity index is 922. The van der Waals surface area contributed by atoms with Crippen LogP contribution in [0.1, 0.15) is 52.4 Å². The van der Waals surface area contributed by atoms with Gasteiger partial charge >= 0.3 is 0 Å². The van der Waals surface area contributed by atoms with Crippen LogP contribution in [0.5, 0.6) is 11.5 Å². The minimum atomic E-state index is -3.94. The van der Waals surface area contributed by atoms with Crippen molar-refractivity contribution in [1.29, 1.82) is 0 Å². The molecule has 14 heteroatoms. The highest BCUT2D eigenvalue weighted by Crippen LogP contribution is 2.31. The van der Waals surface area contributed by atoms with Crippen LogP contribution in [0.3, 0.4) is 0 Å². The lowest BCUT2D eigenvalue weighted by atomic mass is 10.3. The molecule has 1 rings (SSSR count). The molecule has 0 saturated carbocycles. The molecule has 0 N–H and O–H groups in total. The predicted molar refractivity (Wildman–Crippen MR) is 176 cm³/mol. The number of hydrogen-bond acceptors (Lipinski definition) is 12. The van der Waals surface area contributed by atoms with Gasteiger partial charge in [-0.25, -0.2) is 8.42 Å². The van der Waals surface area contributed by atoms with Crippen molar-refractivity contribution in [1.82, 2.24) is 0 Å². The Hall–Kier alpha value is -1.26. The molecule has 0 fully saturated rings. The van der Waals surface area contributed by atoms with Gasteiger partial charge in [-0.3, -0.25) is 0 Å². The summed E-state index contributed by atoms with van der Waals surface area (Å²) in [7, 11) is 1.58. The summed E-state index contributed by atoms with van der Waals surface area (Å²) >= 11 is 0. The summed E-state index contributed by atoms with van der Waals surface area (Å²) in [5, 5.41) is 0. The SMILES string of the molecule is CCCCCOCCOCCOCCOCCOc1ccc(S(=O)(=O)Cl)cc1OCCOCCOCCOCCOCCCCC. The van der Waals surface area contributed by atoms with Gasteiger partial charge in [-0.05, 0) is 25.0 Å². The first kappa shape index (κ1) is 42.8. The fraction of sp³-hybridized carbons (Fsp3) is 0.812. The van der Waals surface area contributed by atoms with Gasteiger partial charge in [0.2, 0.25) is 0 Å². The standard InChI is InChI=1S/C32H57ClO12S/c1-3-5-7-11-36-13-15-38-17-19-40-21-23-42-25-27-44-31-10-9-30(46(33,34)35)29-32(31)45-28-26-43-24-22-41-20-18-39-16-14-37-12-8-6-4-2/h9-10,29H,3-8,11-28H2,1-2H3. The van der Waals surface area contributed by atoms with E-state index in [-0.39, 0.29) is 30.5 Å². The summed E-state index contributed by atoms with van der Waals surface area (Å²) in [5.74, 6) is 0.605. The monoisotopic (exact) mass is 700 g/mol. The maximum atomic E-state index is 11.8. The molecule has 46 heavy (non-hydrogen) atoms. The molecule has 0 radical (unpaired) electrons. The molecule has 0 atom stereocenters. The second-order valence-electron chi connectivity index (χ2n) is 10.1. The molecule has 0 aliphatic heterocycles. The first-order valence-electron chi connectivity index (χ1n) is 16.4. The number of hydrogen-bond donors (Lipinski definition) is 0. The van der Waals surface area contributed by atoms with Gasteiger partial charge in [0.05, 0.1) is 97.4 Å². The second-order valence-corrected chi connectivity index (χ2v) is 12.6. The third-order valence-corrected chi connectivity index (χ3v) is 7.54. The number of unbranched alkanes of at least 4 members (excludes halogenated alkanes) is 4. The maximum Gasteiger partial charge on any atom is 0.261 e. The molecule has 1 aromatic rings. The van der Waals surface area contributed by atoms with Crippen LogP contribution in [0, 0.1) is 0 Å². The van der Waals surface area contributed by atoms with Crippen LogP contribution in [-0.4, -0.2) is 127 Å². The number of ether oxygens (including phenoxy) is 10. The zero-order valence-electron chi connectivity index (χ0n) is 27.9. The molecule has 0 aliphatic rings. The zero-order chi connectivity index (χ0) is 33.4. The van der Waals surface area contributed by atoms with Crippen molar-refractivity contribution in [2.75, 3.05) is 119 Å². The topological polar surface area (TPSA) is 126 Å². The van der Waals surface area contributed by atoms with Crippen LogP contribution >= 0.6 is 10.7 Å². The molecule has 0 bridgehead atoms. The third kappa shape index (κ3) is 25.8. The van der Waals surface area contributed by atoms with E-state index in [9.17, 15) is 8.42 Å². The molecular weight excluding hydrogens is 644 g/mol. The van der Waals surface area contributed by atoms with Gasteiger partial charge < -0.3 is 47.4 Å². The van der Waals surface area contributed by atoms with Crippen LogP contribution < -0.4 is 9.47 Å². The Morgan fingerprint density at radius 3 is 1.13 bits per heavy atom. The van der Waals surface area contributed by atoms with Gasteiger partial charge in [0.25, 0.3) is 9.05 Å². The summed E-state index contributed by atoms with van der Waals surface area (Å²) in [4.78, 5) is -0.0898. The van der Waals surface area contributed by atoms with Crippen molar-refractivity contribution in [2.45, 2.75) is 57.3 Å². The van der Waals surface area contributed by atoms with Gasteiger partial charge in [-0.1, -0.05) is 39.5 Å². The highest BCUT2D eigenvalue weighted by molar-refractivity contribution is 8.13. The molecule has 0 saturated heterocycles. The second kappa shape index (κ2) is 31.0. The van der Waals surface area contributed by atoms with E-state index in [1.807, 2.05) is 0 Å². The predicted octanol–water partition coefficient (Wildman–Crippen LogP) is 4.88. The van der Waals surface area contributed by atoms with Crippen molar-refractivity contribution >= 4 is 19.7 Å². The number of benzene rings is 1. The Morgan fingerprint density at radius 2 is 0.783 bits per heavy atom. The molecule has 0 heterocycles. The smallest absolute Gasteiger partial charge is 0.261 e. The highest BCUT2D eigenvalue weighted by atomic mass is 35.7. The minimum absolute atomic E-state index is 0.0898. The minimum Gasteiger partial charge on any atom is -0.487 e. The van der Waals surface area contributed by atoms with E-state index < -0.39 is 9.05 Å². The molecular formula is C32H57ClO12S. The van der Waals surface area contributed by atoms with E-state index in [1.54, 1.807) is 0 Å². The molecule has 12 nitrogen and oxygen atoms in total. The molecule has 0 aromatic heterocycles. The Balaban J connectivity index is 2.12. The van der Waals surface area contributed by atoms with E-state index in [1.165, 1.54) is 43.9 Å². The normalized spacial score (nSPS) is 11.7. The first-order valence-corrected chi connectivity index (χ1v) is 18.8. The average Bonchev–Trinajstić information content (AvgIpc) is 3.04. The fourth-order valence-electron chi connectivity index (χ4n) is 3.73. The summed E-state index contributed by atoms with van der Waals surface area (Å²) in [6, 6.07) is 4.18.